The van der Waals surface area contributed by atoms with Crippen molar-refractivity contribution in [2.45, 2.75) is 39.5 Å². The maximum Gasteiger partial charge on any atom is 0.182 e. The van der Waals surface area contributed by atoms with Crippen LogP contribution in [0.5, 0.6) is 0 Å². The highest BCUT2D eigenvalue weighted by Crippen LogP contribution is 2.36. The van der Waals surface area contributed by atoms with E-state index >= 15 is 0 Å². The van der Waals surface area contributed by atoms with Gasteiger partial charge in [0.25, 0.3) is 0 Å². The summed E-state index contributed by atoms with van der Waals surface area (Å²) in [7, 11) is 1.90. The van der Waals surface area contributed by atoms with Crippen LogP contribution >= 0.6 is 22.7 Å². The number of aromatic nitrogens is 2. The van der Waals surface area contributed by atoms with Gasteiger partial charge in [0.1, 0.15) is 0 Å². The molecule has 18 heavy (non-hydrogen) atoms. The molecule has 0 saturated heterocycles. The molecule has 0 aromatic carbocycles. The normalized spacial score (nSPS) is 11.2. The quantitative estimate of drug-likeness (QED) is 0.875. The lowest BCUT2D eigenvalue weighted by Gasteiger charge is -2.06. The molecule has 0 bridgehead atoms. The van der Waals surface area contributed by atoms with Crippen LogP contribution < -0.4 is 5.32 Å². The molecule has 2 rings (SSSR count). The van der Waals surface area contributed by atoms with Gasteiger partial charge in [-0.05, 0) is 19.8 Å². The number of nitrogens with zero attached hydrogens (tertiary/aromatic N) is 2. The van der Waals surface area contributed by atoms with Gasteiger partial charge in [-0.1, -0.05) is 13.8 Å². The fourth-order valence-corrected chi connectivity index (χ4v) is 3.99. The number of hydrogen-bond acceptors (Lipinski definition) is 5. The van der Waals surface area contributed by atoms with Crippen LogP contribution in [0.3, 0.4) is 0 Å². The first-order valence-electron chi connectivity index (χ1n) is 6.30. The third-order valence-electron chi connectivity index (χ3n) is 3.10. The topological polar surface area (TPSA) is 37.8 Å². The summed E-state index contributed by atoms with van der Waals surface area (Å²) >= 11 is 3.44. The molecule has 0 amide bonds. The molecule has 5 heteroatoms. The van der Waals surface area contributed by atoms with E-state index in [1.807, 2.05) is 7.05 Å². The van der Waals surface area contributed by atoms with Gasteiger partial charge in [-0.2, -0.15) is 0 Å². The number of aryl methyl sites for hydroxylation is 1. The van der Waals surface area contributed by atoms with Crippen molar-refractivity contribution >= 4 is 27.8 Å². The monoisotopic (exact) mass is 281 g/mol. The van der Waals surface area contributed by atoms with E-state index in [4.69, 9.17) is 4.98 Å². The summed E-state index contributed by atoms with van der Waals surface area (Å²) in [6.45, 7) is 6.54. The molecule has 1 N–H and O–H groups in total. The lowest BCUT2D eigenvalue weighted by molar-refractivity contribution is 0.636. The second-order valence-electron chi connectivity index (χ2n) is 4.27. The predicted octanol–water partition coefficient (Wildman–Crippen LogP) is 4.52. The average Bonchev–Trinajstić information content (AvgIpc) is 2.97. The molecule has 2 aromatic heterocycles. The molecule has 0 atom stereocenters. The van der Waals surface area contributed by atoms with Gasteiger partial charge in [-0.15, -0.1) is 22.7 Å². The van der Waals surface area contributed by atoms with E-state index in [9.17, 15) is 0 Å². The van der Waals surface area contributed by atoms with E-state index in [1.54, 1.807) is 22.7 Å². The summed E-state index contributed by atoms with van der Waals surface area (Å²) < 4.78 is 0. The molecule has 3 nitrogen and oxygen atoms in total. The Labute approximate surface area is 116 Å². The Morgan fingerprint density at radius 3 is 2.56 bits per heavy atom. The van der Waals surface area contributed by atoms with Crippen LogP contribution in [0.2, 0.25) is 0 Å². The van der Waals surface area contributed by atoms with Crippen molar-refractivity contribution in [2.24, 2.45) is 0 Å². The van der Waals surface area contributed by atoms with Crippen LogP contribution in [0.15, 0.2) is 5.38 Å². The Balaban J connectivity index is 2.34. The van der Waals surface area contributed by atoms with E-state index in [0.717, 1.165) is 29.4 Å². The Kier molecular flexibility index (Phi) is 4.35. The summed E-state index contributed by atoms with van der Waals surface area (Å²) in [6.07, 6.45) is 2.31. The largest absolute Gasteiger partial charge is 0.365 e. The maximum absolute atomic E-state index is 4.73. The minimum atomic E-state index is 0.588. The first-order valence-corrected chi connectivity index (χ1v) is 8.00. The number of nitrogens with one attached hydrogen (secondary N) is 1. The van der Waals surface area contributed by atoms with Crippen LogP contribution in [-0.4, -0.2) is 17.0 Å². The summed E-state index contributed by atoms with van der Waals surface area (Å²) in [5, 5.41) is 7.40. The zero-order valence-electron chi connectivity index (χ0n) is 11.3. The molecule has 0 aliphatic carbocycles. The number of rotatable bonds is 5. The molecule has 0 saturated carbocycles. The Bertz CT molecular complexity index is 512. The molecular weight excluding hydrogens is 262 g/mol. The van der Waals surface area contributed by atoms with Crippen molar-refractivity contribution < 1.29 is 0 Å². The fourth-order valence-electron chi connectivity index (χ4n) is 1.96. The SMILES string of the molecule is CCC(CC)c1nc(C)c(-c2csc(NC)n2)s1. The van der Waals surface area contributed by atoms with Crippen molar-refractivity contribution in [3.05, 3.63) is 16.1 Å². The van der Waals surface area contributed by atoms with E-state index in [2.05, 4.69) is 36.5 Å². The summed E-state index contributed by atoms with van der Waals surface area (Å²) in [5.74, 6) is 0.588. The first-order chi connectivity index (χ1) is 8.69. The van der Waals surface area contributed by atoms with Crippen molar-refractivity contribution in [2.75, 3.05) is 12.4 Å². The second kappa shape index (κ2) is 5.80. The third-order valence-corrected chi connectivity index (χ3v) is 5.30. The highest BCUT2D eigenvalue weighted by atomic mass is 32.1. The predicted molar refractivity (Wildman–Crippen MR) is 80.8 cm³/mol. The standard InChI is InChI=1S/C13H19N3S2/c1-5-9(6-2)12-15-8(3)11(18-12)10-7-17-13(14-4)16-10/h7,9H,5-6H2,1-4H3,(H,14,16). The molecule has 0 aliphatic heterocycles. The summed E-state index contributed by atoms with van der Waals surface area (Å²) in [4.78, 5) is 10.5. The number of anilines is 1. The lowest BCUT2D eigenvalue weighted by atomic mass is 10.1. The summed E-state index contributed by atoms with van der Waals surface area (Å²) in [6, 6.07) is 0. The van der Waals surface area contributed by atoms with Crippen LogP contribution in [-0.2, 0) is 0 Å². The molecule has 0 aliphatic rings. The Morgan fingerprint density at radius 1 is 1.28 bits per heavy atom. The molecule has 0 fully saturated rings. The smallest absolute Gasteiger partial charge is 0.182 e. The molecule has 0 unspecified atom stereocenters. The lowest BCUT2D eigenvalue weighted by Crippen LogP contribution is -1.93. The first kappa shape index (κ1) is 13.5. The van der Waals surface area contributed by atoms with Gasteiger partial charge in [0.05, 0.1) is 21.3 Å². The van der Waals surface area contributed by atoms with Crippen molar-refractivity contribution in [1.29, 1.82) is 0 Å². The van der Waals surface area contributed by atoms with Gasteiger partial charge in [0.15, 0.2) is 5.13 Å². The highest BCUT2D eigenvalue weighted by molar-refractivity contribution is 7.16. The Hall–Kier alpha value is -0.940. The summed E-state index contributed by atoms with van der Waals surface area (Å²) in [5.41, 5.74) is 2.16. The van der Waals surface area contributed by atoms with Crippen LogP contribution in [0.4, 0.5) is 5.13 Å². The highest BCUT2D eigenvalue weighted by Gasteiger charge is 2.17. The minimum Gasteiger partial charge on any atom is -0.365 e. The average molecular weight is 281 g/mol. The van der Waals surface area contributed by atoms with Gasteiger partial charge in [-0.25, -0.2) is 9.97 Å². The van der Waals surface area contributed by atoms with Crippen molar-refractivity contribution in [3.8, 4) is 10.6 Å². The zero-order valence-corrected chi connectivity index (χ0v) is 12.9. The maximum atomic E-state index is 4.73. The molecule has 2 heterocycles. The molecular formula is C13H19N3S2. The van der Waals surface area contributed by atoms with Gasteiger partial charge in [0.2, 0.25) is 0 Å². The molecule has 0 radical (unpaired) electrons. The van der Waals surface area contributed by atoms with Gasteiger partial charge < -0.3 is 5.32 Å². The number of hydrogen-bond donors (Lipinski definition) is 1. The zero-order chi connectivity index (χ0) is 13.1. The molecule has 2 aromatic rings. The van der Waals surface area contributed by atoms with Gasteiger partial charge >= 0.3 is 0 Å². The van der Waals surface area contributed by atoms with Gasteiger partial charge in [0, 0.05) is 18.3 Å². The molecule has 0 spiro atoms. The minimum absolute atomic E-state index is 0.588. The second-order valence-corrected chi connectivity index (χ2v) is 6.16. The third kappa shape index (κ3) is 2.57. The Morgan fingerprint density at radius 2 is 2.00 bits per heavy atom. The van der Waals surface area contributed by atoms with E-state index < -0.39 is 0 Å². The van der Waals surface area contributed by atoms with E-state index in [1.165, 1.54) is 9.88 Å². The fraction of sp³-hybridized carbons (Fsp3) is 0.538. The van der Waals surface area contributed by atoms with E-state index in [0.29, 0.717) is 5.92 Å². The van der Waals surface area contributed by atoms with Crippen LogP contribution in [0, 0.1) is 6.92 Å². The van der Waals surface area contributed by atoms with Crippen LogP contribution in [0.25, 0.3) is 10.6 Å². The van der Waals surface area contributed by atoms with Crippen molar-refractivity contribution in [3.63, 3.8) is 0 Å². The van der Waals surface area contributed by atoms with Gasteiger partial charge in [-0.3, -0.25) is 0 Å². The van der Waals surface area contributed by atoms with E-state index in [-0.39, 0.29) is 0 Å². The number of thiazole rings is 2. The van der Waals surface area contributed by atoms with Crippen LogP contribution in [0.1, 0.15) is 43.3 Å². The van der Waals surface area contributed by atoms with Crippen molar-refractivity contribution in [1.82, 2.24) is 9.97 Å². The molecule has 98 valence electrons.